The number of thioether (sulfide) groups is 1. The Bertz CT molecular complexity index is 1460. The first kappa shape index (κ1) is 34.8. The van der Waals surface area contributed by atoms with Gasteiger partial charge in [-0.1, -0.05) is 32.4 Å². The minimum Gasteiger partial charge on any atom is -0.497 e. The normalized spacial score (nSPS) is 11.8. The van der Waals surface area contributed by atoms with Crippen molar-refractivity contribution in [1.82, 2.24) is 10.2 Å². The summed E-state index contributed by atoms with van der Waals surface area (Å²) in [4.78, 5) is 30.0. The van der Waals surface area contributed by atoms with Crippen LogP contribution >= 0.6 is 11.8 Å². The van der Waals surface area contributed by atoms with Crippen molar-refractivity contribution >= 4 is 39.3 Å². The van der Waals surface area contributed by atoms with Gasteiger partial charge in [0.05, 0.1) is 24.3 Å². The zero-order chi connectivity index (χ0) is 32.1. The van der Waals surface area contributed by atoms with Crippen LogP contribution in [0.5, 0.6) is 11.5 Å². The number of nitrogens with zero attached hydrogens (tertiary/aromatic N) is 2. The molecule has 0 saturated carbocycles. The van der Waals surface area contributed by atoms with Crippen molar-refractivity contribution in [3.05, 3.63) is 78.4 Å². The van der Waals surface area contributed by atoms with E-state index in [9.17, 15) is 18.0 Å². The summed E-state index contributed by atoms with van der Waals surface area (Å²) in [5, 5.41) is 2.94. The van der Waals surface area contributed by atoms with E-state index < -0.39 is 28.5 Å². The second-order valence-corrected chi connectivity index (χ2v) is 12.8. The number of carbonyl (C=O) groups is 2. The number of hydrogen-bond acceptors (Lipinski definition) is 7. The molecule has 1 atom stereocenters. The van der Waals surface area contributed by atoms with E-state index in [2.05, 4.69) is 5.32 Å². The van der Waals surface area contributed by atoms with E-state index >= 15 is 0 Å². The summed E-state index contributed by atoms with van der Waals surface area (Å²) < 4.78 is 40.2. The van der Waals surface area contributed by atoms with Gasteiger partial charge < -0.3 is 19.7 Å². The van der Waals surface area contributed by atoms with Crippen molar-refractivity contribution in [1.29, 1.82) is 0 Å². The van der Waals surface area contributed by atoms with Crippen LogP contribution in [0, 0.1) is 0 Å². The maximum atomic E-state index is 14.2. The van der Waals surface area contributed by atoms with Crippen LogP contribution in [0.4, 0.5) is 5.69 Å². The molecule has 0 saturated heterocycles. The molecule has 3 rings (SSSR count). The fourth-order valence-corrected chi connectivity index (χ4v) is 6.49. The summed E-state index contributed by atoms with van der Waals surface area (Å²) in [7, 11) is -2.61. The van der Waals surface area contributed by atoms with Gasteiger partial charge >= 0.3 is 0 Å². The number of rotatable bonds is 17. The van der Waals surface area contributed by atoms with E-state index in [-0.39, 0.29) is 17.3 Å². The van der Waals surface area contributed by atoms with Crippen molar-refractivity contribution in [2.24, 2.45) is 0 Å². The number of benzene rings is 3. The van der Waals surface area contributed by atoms with Crippen molar-refractivity contribution in [2.75, 3.05) is 37.4 Å². The molecule has 3 aromatic rings. The number of ether oxygens (including phenoxy) is 2. The first-order valence-corrected chi connectivity index (χ1v) is 17.4. The third-order valence-electron chi connectivity index (χ3n) is 7.06. The van der Waals surface area contributed by atoms with Crippen molar-refractivity contribution < 1.29 is 27.5 Å². The molecular formula is C33H43N3O6S2. The molecule has 2 amide bonds. The van der Waals surface area contributed by atoms with Gasteiger partial charge in [-0.25, -0.2) is 8.42 Å². The standard InChI is InChI=1S/C33H43N3O6S2/c1-6-9-21-34-33(38)31(7-2)35(23-25-11-10-12-28(22-25)41-4)32(37)24-36(26-13-15-27(16-14-26)42-8-3)44(39,40)30-19-17-29(43-5)18-20-30/h10-20,22,31H,6-9,21,23-24H2,1-5H3,(H,34,38)/t31-/m1/s1. The number of sulfonamides is 1. The molecule has 44 heavy (non-hydrogen) atoms. The van der Waals surface area contributed by atoms with Crippen molar-refractivity contribution in [3.63, 3.8) is 0 Å². The zero-order valence-electron chi connectivity index (χ0n) is 26.1. The Labute approximate surface area is 266 Å². The van der Waals surface area contributed by atoms with Gasteiger partial charge in [0.2, 0.25) is 11.8 Å². The smallest absolute Gasteiger partial charge is 0.264 e. The Balaban J connectivity index is 2.05. The van der Waals surface area contributed by atoms with Crippen molar-refractivity contribution in [3.8, 4) is 11.5 Å². The van der Waals surface area contributed by atoms with Crippen LogP contribution < -0.4 is 19.1 Å². The Morgan fingerprint density at radius 3 is 2.25 bits per heavy atom. The van der Waals surface area contributed by atoms with Crippen LogP contribution in [0.25, 0.3) is 0 Å². The SMILES string of the molecule is CCCCNC(=O)[C@@H](CC)N(Cc1cccc(OC)c1)C(=O)CN(c1ccc(OCC)cc1)S(=O)(=O)c1ccc(SC)cc1. The molecule has 0 aliphatic rings. The molecule has 3 aromatic carbocycles. The van der Waals surface area contributed by atoms with Gasteiger partial charge in [0.15, 0.2) is 0 Å². The molecule has 9 nitrogen and oxygen atoms in total. The molecule has 0 radical (unpaired) electrons. The number of anilines is 1. The minimum atomic E-state index is -4.17. The van der Waals surface area contributed by atoms with E-state index in [4.69, 9.17) is 9.47 Å². The third-order valence-corrected chi connectivity index (χ3v) is 9.60. The first-order chi connectivity index (χ1) is 21.2. The Hall–Kier alpha value is -3.70. The lowest BCUT2D eigenvalue weighted by molar-refractivity contribution is -0.140. The summed E-state index contributed by atoms with van der Waals surface area (Å²) in [6.45, 7) is 6.27. The summed E-state index contributed by atoms with van der Waals surface area (Å²) in [6.07, 6.45) is 3.98. The quantitative estimate of drug-likeness (QED) is 0.148. The van der Waals surface area contributed by atoms with Gasteiger partial charge in [-0.05, 0) is 92.2 Å². The molecule has 0 aromatic heterocycles. The van der Waals surface area contributed by atoms with Gasteiger partial charge in [0.1, 0.15) is 24.1 Å². The topological polar surface area (TPSA) is 105 Å². The van der Waals surface area contributed by atoms with Crippen molar-refractivity contribution in [2.45, 2.75) is 62.4 Å². The summed E-state index contributed by atoms with van der Waals surface area (Å²) in [5.41, 5.74) is 1.05. The van der Waals surface area contributed by atoms with Crippen LogP contribution in [-0.4, -0.2) is 64.2 Å². The maximum Gasteiger partial charge on any atom is 0.264 e. The van der Waals surface area contributed by atoms with Gasteiger partial charge in [-0.15, -0.1) is 11.8 Å². The monoisotopic (exact) mass is 641 g/mol. The fourth-order valence-electron chi connectivity index (χ4n) is 4.67. The summed E-state index contributed by atoms with van der Waals surface area (Å²) in [5.74, 6) is 0.408. The second kappa shape index (κ2) is 17.0. The maximum absolute atomic E-state index is 14.2. The first-order valence-electron chi connectivity index (χ1n) is 14.8. The number of hydrogen-bond donors (Lipinski definition) is 1. The predicted molar refractivity (Wildman–Crippen MR) is 176 cm³/mol. The molecule has 238 valence electrons. The zero-order valence-corrected chi connectivity index (χ0v) is 27.7. The number of methoxy groups -OCH3 is 1. The molecular weight excluding hydrogens is 599 g/mol. The Morgan fingerprint density at radius 2 is 1.66 bits per heavy atom. The van der Waals surface area contributed by atoms with Crippen LogP contribution in [0.15, 0.2) is 82.6 Å². The average Bonchev–Trinajstić information content (AvgIpc) is 3.04. The molecule has 0 aliphatic heterocycles. The van der Waals surface area contributed by atoms with E-state index in [1.54, 1.807) is 55.6 Å². The Kier molecular flexibility index (Phi) is 13.4. The van der Waals surface area contributed by atoms with Crippen LogP contribution in [0.3, 0.4) is 0 Å². The van der Waals surface area contributed by atoms with E-state index in [0.717, 1.165) is 27.6 Å². The molecule has 0 heterocycles. The molecule has 11 heteroatoms. The van der Waals surface area contributed by atoms with Gasteiger partial charge in [0, 0.05) is 18.0 Å². The summed E-state index contributed by atoms with van der Waals surface area (Å²) >= 11 is 1.50. The lowest BCUT2D eigenvalue weighted by atomic mass is 10.1. The fraction of sp³-hybridized carbons (Fsp3) is 0.394. The van der Waals surface area contributed by atoms with Crippen LogP contribution in [-0.2, 0) is 26.2 Å². The largest absolute Gasteiger partial charge is 0.497 e. The molecule has 0 spiro atoms. The van der Waals surface area contributed by atoms with Gasteiger partial charge in [-0.2, -0.15) is 0 Å². The lowest BCUT2D eigenvalue weighted by Crippen LogP contribution is -2.52. The second-order valence-electron chi connectivity index (χ2n) is 10.1. The highest BCUT2D eigenvalue weighted by atomic mass is 32.2. The van der Waals surface area contributed by atoms with E-state index in [0.29, 0.717) is 36.8 Å². The lowest BCUT2D eigenvalue weighted by Gasteiger charge is -2.33. The molecule has 0 unspecified atom stereocenters. The van der Waals surface area contributed by atoms with Crippen LogP contribution in [0.2, 0.25) is 0 Å². The van der Waals surface area contributed by atoms with Gasteiger partial charge in [0.25, 0.3) is 10.0 Å². The average molecular weight is 642 g/mol. The molecule has 1 N–H and O–H groups in total. The number of amides is 2. The van der Waals surface area contributed by atoms with E-state index in [1.165, 1.54) is 28.8 Å². The highest BCUT2D eigenvalue weighted by molar-refractivity contribution is 7.98. The predicted octanol–water partition coefficient (Wildman–Crippen LogP) is 5.73. The number of unbranched alkanes of at least 4 members (excludes halogenated alkanes) is 1. The molecule has 0 aliphatic carbocycles. The van der Waals surface area contributed by atoms with Gasteiger partial charge in [-0.3, -0.25) is 13.9 Å². The molecule has 0 fully saturated rings. The highest BCUT2D eigenvalue weighted by Crippen LogP contribution is 2.28. The number of carbonyl (C=O) groups excluding carboxylic acids is 2. The van der Waals surface area contributed by atoms with Crippen LogP contribution in [0.1, 0.15) is 45.6 Å². The highest BCUT2D eigenvalue weighted by Gasteiger charge is 2.33. The third kappa shape index (κ3) is 9.15. The Morgan fingerprint density at radius 1 is 0.955 bits per heavy atom. The summed E-state index contributed by atoms with van der Waals surface area (Å²) in [6, 6.07) is 19.6. The minimum absolute atomic E-state index is 0.0562. The van der Waals surface area contributed by atoms with E-state index in [1.807, 2.05) is 39.2 Å². The number of nitrogens with one attached hydrogen (secondary N) is 1. The molecule has 0 bridgehead atoms.